The Hall–Kier alpha value is -6.42. The van der Waals surface area contributed by atoms with E-state index in [0.29, 0.717) is 0 Å². The lowest BCUT2D eigenvalue weighted by Crippen LogP contribution is -2.38. The fraction of sp³-hybridized carbons (Fsp3) is 0.0612. The first-order valence-electron chi connectivity index (χ1n) is 18.2. The minimum Gasteiger partial charge on any atom is -0.366 e. The quantitative estimate of drug-likeness (QED) is 0.197. The zero-order chi connectivity index (χ0) is 34.2. The summed E-state index contributed by atoms with van der Waals surface area (Å²) in [5, 5.41) is 10.5. The van der Waals surface area contributed by atoms with Crippen molar-refractivity contribution >= 4 is 33.5 Å². The molecule has 2 atom stereocenters. The second-order valence-corrected chi connectivity index (χ2v) is 14.1. The van der Waals surface area contributed by atoms with Gasteiger partial charge in [-0.25, -0.2) is 0 Å². The van der Waals surface area contributed by atoms with E-state index < -0.39 is 5.41 Å². The van der Waals surface area contributed by atoms with Crippen LogP contribution < -0.4 is 15.5 Å². The number of rotatable bonds is 3. The van der Waals surface area contributed by atoms with Crippen molar-refractivity contribution in [2.24, 2.45) is 0 Å². The number of benzene rings is 8. The molecule has 2 heterocycles. The molecule has 0 aromatic heterocycles. The van der Waals surface area contributed by atoms with Crippen LogP contribution in [0.3, 0.4) is 0 Å². The van der Waals surface area contributed by atoms with Crippen molar-refractivity contribution in [1.82, 2.24) is 5.32 Å². The highest BCUT2D eigenvalue weighted by Crippen LogP contribution is 2.64. The third-order valence-corrected chi connectivity index (χ3v) is 11.5. The van der Waals surface area contributed by atoms with E-state index in [1.54, 1.807) is 0 Å². The first-order chi connectivity index (χ1) is 25.8. The Kier molecular flexibility index (Phi) is 6.37. The minimum absolute atomic E-state index is 0.0579. The van der Waals surface area contributed by atoms with Crippen LogP contribution in [0.5, 0.6) is 0 Å². The summed E-state index contributed by atoms with van der Waals surface area (Å²) in [5.74, 6) is 0. The smallest absolute Gasteiger partial charge is 0.104 e. The summed E-state index contributed by atoms with van der Waals surface area (Å²) in [6, 6.07) is 69.3. The Morgan fingerprint density at radius 1 is 0.481 bits per heavy atom. The molecule has 3 nitrogen and oxygen atoms in total. The van der Waals surface area contributed by atoms with E-state index in [4.69, 9.17) is 0 Å². The molecule has 1 aliphatic carbocycles. The molecule has 0 amide bonds. The van der Waals surface area contributed by atoms with E-state index in [-0.39, 0.29) is 12.2 Å². The summed E-state index contributed by atoms with van der Waals surface area (Å²) < 4.78 is 0. The monoisotopic (exact) mass is 665 g/mol. The number of nitrogens with zero attached hydrogens (tertiary/aromatic N) is 1. The summed E-state index contributed by atoms with van der Waals surface area (Å²) in [7, 11) is 0. The summed E-state index contributed by atoms with van der Waals surface area (Å²) in [5.41, 5.74) is 15.8. The molecule has 8 aromatic rings. The number of nitrogens with one attached hydrogen (secondary N) is 2. The van der Waals surface area contributed by atoms with E-state index >= 15 is 0 Å². The van der Waals surface area contributed by atoms with Crippen molar-refractivity contribution in [3.05, 3.63) is 227 Å². The molecule has 0 saturated heterocycles. The average Bonchev–Trinajstić information content (AvgIpc) is 3.52. The van der Waals surface area contributed by atoms with Crippen molar-refractivity contribution in [1.29, 1.82) is 0 Å². The zero-order valence-corrected chi connectivity index (χ0v) is 28.5. The van der Waals surface area contributed by atoms with Crippen molar-refractivity contribution in [2.75, 3.05) is 10.2 Å². The normalized spacial score (nSPS) is 17.4. The van der Waals surface area contributed by atoms with Gasteiger partial charge < -0.3 is 10.2 Å². The molecule has 8 aromatic carbocycles. The number of hydrogen-bond acceptors (Lipinski definition) is 3. The molecular weight excluding hydrogens is 631 g/mol. The maximum atomic E-state index is 4.02. The molecule has 0 saturated carbocycles. The van der Waals surface area contributed by atoms with E-state index in [1.807, 2.05) is 0 Å². The lowest BCUT2D eigenvalue weighted by atomic mass is 9.64. The van der Waals surface area contributed by atoms with Crippen LogP contribution in [0, 0.1) is 0 Å². The van der Waals surface area contributed by atoms with Gasteiger partial charge in [-0.05, 0) is 91.2 Å². The molecule has 246 valence electrons. The van der Waals surface area contributed by atoms with Gasteiger partial charge in [0.1, 0.15) is 6.17 Å². The van der Waals surface area contributed by atoms with E-state index in [0.717, 1.165) is 11.4 Å². The maximum Gasteiger partial charge on any atom is 0.104 e. The third kappa shape index (κ3) is 4.06. The van der Waals surface area contributed by atoms with Gasteiger partial charge in [-0.2, -0.15) is 0 Å². The largest absolute Gasteiger partial charge is 0.366 e. The third-order valence-electron chi connectivity index (χ3n) is 11.5. The standard InChI is InChI=1S/C49H35N3/c1-3-16-33(17-4-1)47-38-21-9-12-24-43(38)50-48(51-47)34-27-29-37-42(31-34)49(41-30-28-32-15-7-8-20-36(32)46(37)41)39-22-10-13-25-44(39)52(35-18-5-2-6-19-35)45-26-14-11-23-40(45)49/h1-31,47-48,50-51H. The first kappa shape index (κ1) is 29.3. The highest BCUT2D eigenvalue weighted by atomic mass is 15.2. The number of fused-ring (bicyclic) bond motifs is 12. The molecule has 0 radical (unpaired) electrons. The Morgan fingerprint density at radius 2 is 1.13 bits per heavy atom. The van der Waals surface area contributed by atoms with Gasteiger partial charge in [-0.3, -0.25) is 5.32 Å². The lowest BCUT2D eigenvalue weighted by molar-refractivity contribution is 0.505. The Balaban J connectivity index is 1.19. The van der Waals surface area contributed by atoms with Crippen molar-refractivity contribution in [3.63, 3.8) is 0 Å². The van der Waals surface area contributed by atoms with Crippen LogP contribution in [-0.2, 0) is 5.41 Å². The Labute approximate surface area is 303 Å². The molecule has 2 unspecified atom stereocenters. The maximum absolute atomic E-state index is 4.02. The lowest BCUT2D eigenvalue weighted by Gasteiger charge is -2.45. The Morgan fingerprint density at radius 3 is 1.92 bits per heavy atom. The first-order valence-corrected chi connectivity index (χ1v) is 18.2. The van der Waals surface area contributed by atoms with Crippen LogP contribution >= 0.6 is 0 Å². The number of para-hydroxylation sites is 4. The summed E-state index contributed by atoms with van der Waals surface area (Å²) in [4.78, 5) is 2.45. The summed E-state index contributed by atoms with van der Waals surface area (Å²) in [6.45, 7) is 0. The molecular formula is C49H35N3. The van der Waals surface area contributed by atoms with Gasteiger partial charge in [0.2, 0.25) is 0 Å². The van der Waals surface area contributed by atoms with Gasteiger partial charge in [-0.15, -0.1) is 0 Å². The van der Waals surface area contributed by atoms with Crippen LogP contribution in [0.2, 0.25) is 0 Å². The van der Waals surface area contributed by atoms with Crippen LogP contribution in [0.25, 0.3) is 21.9 Å². The van der Waals surface area contributed by atoms with Crippen molar-refractivity contribution < 1.29 is 0 Å². The molecule has 3 heteroatoms. The van der Waals surface area contributed by atoms with Gasteiger partial charge >= 0.3 is 0 Å². The van der Waals surface area contributed by atoms with Crippen LogP contribution in [0.4, 0.5) is 22.7 Å². The molecule has 11 rings (SSSR count). The predicted octanol–water partition coefficient (Wildman–Crippen LogP) is 11.8. The zero-order valence-electron chi connectivity index (χ0n) is 28.5. The van der Waals surface area contributed by atoms with Gasteiger partial charge in [0.25, 0.3) is 0 Å². The molecule has 1 spiro atoms. The SMILES string of the molecule is c1ccc(C2NC(c3ccc4c(c3)C3(c5ccccc5N(c5ccccc5)c5ccccc53)c3ccc5ccccc5c3-4)Nc3ccccc32)cc1. The fourth-order valence-corrected chi connectivity index (χ4v) is 9.41. The molecule has 2 N–H and O–H groups in total. The molecule has 0 bridgehead atoms. The van der Waals surface area contributed by atoms with Gasteiger partial charge in [0.15, 0.2) is 0 Å². The molecule has 0 fully saturated rings. The van der Waals surface area contributed by atoms with Crippen molar-refractivity contribution in [3.8, 4) is 11.1 Å². The predicted molar refractivity (Wildman–Crippen MR) is 214 cm³/mol. The van der Waals surface area contributed by atoms with E-state index in [1.165, 1.54) is 72.2 Å². The van der Waals surface area contributed by atoms with Crippen LogP contribution in [0.1, 0.15) is 51.2 Å². The molecule has 3 aliphatic rings. The summed E-state index contributed by atoms with van der Waals surface area (Å²) in [6.07, 6.45) is -0.0993. The average molecular weight is 666 g/mol. The Bertz CT molecular complexity index is 2620. The van der Waals surface area contributed by atoms with E-state index in [2.05, 4.69) is 204 Å². The topological polar surface area (TPSA) is 27.3 Å². The molecule has 52 heavy (non-hydrogen) atoms. The fourth-order valence-electron chi connectivity index (χ4n) is 9.41. The van der Waals surface area contributed by atoms with Crippen LogP contribution in [0.15, 0.2) is 188 Å². The number of hydrogen-bond donors (Lipinski definition) is 2. The molecule has 2 aliphatic heterocycles. The highest BCUT2D eigenvalue weighted by Gasteiger charge is 2.52. The van der Waals surface area contributed by atoms with Crippen LogP contribution in [-0.4, -0.2) is 0 Å². The van der Waals surface area contributed by atoms with E-state index in [9.17, 15) is 0 Å². The van der Waals surface area contributed by atoms with Crippen molar-refractivity contribution in [2.45, 2.75) is 17.6 Å². The van der Waals surface area contributed by atoms with Gasteiger partial charge in [0, 0.05) is 11.4 Å². The number of anilines is 4. The minimum atomic E-state index is -0.533. The second-order valence-electron chi connectivity index (χ2n) is 14.1. The summed E-state index contributed by atoms with van der Waals surface area (Å²) >= 11 is 0. The highest BCUT2D eigenvalue weighted by molar-refractivity contribution is 6.06. The second kappa shape index (κ2) is 11.3. The van der Waals surface area contributed by atoms with Gasteiger partial charge in [-0.1, -0.05) is 158 Å². The van der Waals surface area contributed by atoms with Gasteiger partial charge in [0.05, 0.1) is 22.8 Å².